The van der Waals surface area contributed by atoms with Gasteiger partial charge in [-0.05, 0) is 46.6 Å². The molecule has 0 saturated carbocycles. The molecule has 2 rings (SSSR count). The first-order valence-corrected chi connectivity index (χ1v) is 6.97. The zero-order valence-electron chi connectivity index (χ0n) is 11.6. The molecule has 21 heavy (non-hydrogen) atoms. The zero-order chi connectivity index (χ0) is 15.4. The van der Waals surface area contributed by atoms with Crippen molar-refractivity contribution in [3.8, 4) is 11.5 Å². The molecule has 0 unspecified atom stereocenters. The van der Waals surface area contributed by atoms with E-state index in [-0.39, 0.29) is 0 Å². The molecule has 0 spiro atoms. The number of benzene rings is 2. The number of hydrogen-bond acceptors (Lipinski definition) is 4. The molecule has 0 amide bonds. The van der Waals surface area contributed by atoms with Crippen LogP contribution in [0.3, 0.4) is 0 Å². The van der Waals surface area contributed by atoms with Gasteiger partial charge < -0.3 is 9.47 Å². The average molecular weight is 349 g/mol. The van der Waals surface area contributed by atoms with Gasteiger partial charge in [-0.1, -0.05) is 18.2 Å². The fourth-order valence-corrected chi connectivity index (χ4v) is 2.34. The van der Waals surface area contributed by atoms with Gasteiger partial charge in [0, 0.05) is 10.0 Å². The number of ether oxygens (including phenoxy) is 2. The maximum Gasteiger partial charge on any atom is 0.347 e. The van der Waals surface area contributed by atoms with Crippen LogP contribution in [0.1, 0.15) is 26.3 Å². The first-order valence-electron chi connectivity index (χ1n) is 6.18. The van der Waals surface area contributed by atoms with E-state index in [1.165, 1.54) is 13.2 Å². The summed E-state index contributed by atoms with van der Waals surface area (Å²) in [6.45, 7) is 1.72. The Kier molecular flexibility index (Phi) is 4.75. The monoisotopic (exact) mass is 348 g/mol. The largest absolute Gasteiger partial charge is 0.496 e. The van der Waals surface area contributed by atoms with Gasteiger partial charge in [0.2, 0.25) is 0 Å². The van der Waals surface area contributed by atoms with E-state index in [4.69, 9.17) is 9.47 Å². The highest BCUT2D eigenvalue weighted by Gasteiger charge is 2.21. The van der Waals surface area contributed by atoms with Crippen LogP contribution in [0, 0.1) is 6.92 Å². The lowest BCUT2D eigenvalue weighted by Gasteiger charge is -2.14. The van der Waals surface area contributed by atoms with Crippen LogP contribution in [0.4, 0.5) is 0 Å². The molecule has 0 radical (unpaired) electrons. The highest BCUT2D eigenvalue weighted by molar-refractivity contribution is 9.10. The average Bonchev–Trinajstić information content (AvgIpc) is 2.50. The third-order valence-corrected chi connectivity index (χ3v) is 4.05. The second-order valence-corrected chi connectivity index (χ2v) is 5.10. The van der Waals surface area contributed by atoms with Crippen LogP contribution >= 0.6 is 15.9 Å². The summed E-state index contributed by atoms with van der Waals surface area (Å²) in [5, 5.41) is 0. The summed E-state index contributed by atoms with van der Waals surface area (Å²) in [5.74, 6) is 0.215. The summed E-state index contributed by atoms with van der Waals surface area (Å²) < 4.78 is 11.1. The van der Waals surface area contributed by atoms with E-state index in [0.29, 0.717) is 38.9 Å². The number of halogens is 1. The second-order valence-electron chi connectivity index (χ2n) is 4.30. The fourth-order valence-electron chi connectivity index (χ4n) is 1.93. The van der Waals surface area contributed by atoms with Crippen molar-refractivity contribution in [3.05, 3.63) is 57.6 Å². The summed E-state index contributed by atoms with van der Waals surface area (Å²) in [7, 11) is 1.44. The third kappa shape index (κ3) is 3.13. The van der Waals surface area contributed by atoms with Gasteiger partial charge >= 0.3 is 5.97 Å². The molecule has 0 heterocycles. The number of rotatable bonds is 4. The second kappa shape index (κ2) is 6.54. The molecule has 0 aliphatic carbocycles. The Balaban J connectivity index is 2.45. The lowest BCUT2D eigenvalue weighted by atomic mass is 10.0. The third-order valence-electron chi connectivity index (χ3n) is 3.00. The Morgan fingerprint density at radius 1 is 1.24 bits per heavy atom. The smallest absolute Gasteiger partial charge is 0.347 e. The Morgan fingerprint density at radius 3 is 2.48 bits per heavy atom. The maximum absolute atomic E-state index is 12.4. The minimum Gasteiger partial charge on any atom is -0.496 e. The molecular formula is C16H13BrO4. The number of aldehydes is 1. The van der Waals surface area contributed by atoms with Crippen LogP contribution in [0.2, 0.25) is 0 Å². The van der Waals surface area contributed by atoms with E-state index < -0.39 is 5.97 Å². The van der Waals surface area contributed by atoms with E-state index in [0.717, 1.165) is 0 Å². The van der Waals surface area contributed by atoms with Crippen molar-refractivity contribution >= 4 is 28.2 Å². The van der Waals surface area contributed by atoms with Gasteiger partial charge in [-0.25, -0.2) is 4.79 Å². The van der Waals surface area contributed by atoms with Crippen LogP contribution < -0.4 is 9.47 Å². The molecule has 0 atom stereocenters. The van der Waals surface area contributed by atoms with E-state index in [9.17, 15) is 9.59 Å². The Morgan fingerprint density at radius 2 is 1.90 bits per heavy atom. The van der Waals surface area contributed by atoms with Gasteiger partial charge in [0.1, 0.15) is 17.1 Å². The lowest BCUT2D eigenvalue weighted by molar-refractivity contribution is 0.0730. The molecule has 0 N–H and O–H groups in total. The van der Waals surface area contributed by atoms with Gasteiger partial charge in [0.15, 0.2) is 6.29 Å². The molecule has 2 aromatic rings. The Labute approximate surface area is 130 Å². The summed E-state index contributed by atoms with van der Waals surface area (Å²) in [5.41, 5.74) is 1.30. The summed E-state index contributed by atoms with van der Waals surface area (Å²) in [6, 6.07) is 10.3. The quantitative estimate of drug-likeness (QED) is 0.479. The number of methoxy groups -OCH3 is 1. The van der Waals surface area contributed by atoms with Crippen molar-refractivity contribution in [1.29, 1.82) is 0 Å². The molecule has 5 heteroatoms. The van der Waals surface area contributed by atoms with Crippen LogP contribution in [0.15, 0.2) is 40.9 Å². The van der Waals surface area contributed by atoms with Crippen LogP contribution in [0.5, 0.6) is 11.5 Å². The maximum atomic E-state index is 12.4. The fraction of sp³-hybridized carbons (Fsp3) is 0.125. The minimum absolute atomic E-state index is 0.291. The molecular weight excluding hydrogens is 336 g/mol. The van der Waals surface area contributed by atoms with Crippen LogP contribution in [-0.4, -0.2) is 19.4 Å². The topological polar surface area (TPSA) is 52.6 Å². The van der Waals surface area contributed by atoms with E-state index >= 15 is 0 Å². The molecule has 0 aromatic heterocycles. The van der Waals surface area contributed by atoms with E-state index in [1.807, 2.05) is 6.07 Å². The van der Waals surface area contributed by atoms with E-state index in [2.05, 4.69) is 15.9 Å². The van der Waals surface area contributed by atoms with Crippen molar-refractivity contribution < 1.29 is 19.1 Å². The lowest BCUT2D eigenvalue weighted by Crippen LogP contribution is -2.13. The molecule has 0 aliphatic rings. The van der Waals surface area contributed by atoms with Gasteiger partial charge in [-0.15, -0.1) is 0 Å². The Bertz CT molecular complexity index is 680. The summed E-state index contributed by atoms with van der Waals surface area (Å²) in [4.78, 5) is 23.4. The number of carbonyl (C=O) groups is 2. The standard InChI is InChI=1S/C16H13BrO4/c1-10-14(13(20-2)8-11(9-18)15(10)17)16(19)21-12-6-4-3-5-7-12/h3-9H,1-2H3. The molecule has 108 valence electrons. The number of carbonyl (C=O) groups excluding carboxylic acids is 2. The van der Waals surface area contributed by atoms with Crippen molar-refractivity contribution in [2.45, 2.75) is 6.92 Å². The zero-order valence-corrected chi connectivity index (χ0v) is 13.1. The van der Waals surface area contributed by atoms with Crippen LogP contribution in [0.25, 0.3) is 0 Å². The molecule has 0 aliphatic heterocycles. The Hall–Kier alpha value is -2.14. The normalized spacial score (nSPS) is 10.0. The van der Waals surface area contributed by atoms with Gasteiger partial charge in [0.25, 0.3) is 0 Å². The first-order chi connectivity index (χ1) is 10.1. The predicted molar refractivity (Wildman–Crippen MR) is 82.2 cm³/mol. The summed E-state index contributed by atoms with van der Waals surface area (Å²) in [6.07, 6.45) is 0.700. The van der Waals surface area contributed by atoms with Crippen molar-refractivity contribution in [2.24, 2.45) is 0 Å². The van der Waals surface area contributed by atoms with E-state index in [1.54, 1.807) is 31.2 Å². The summed E-state index contributed by atoms with van der Waals surface area (Å²) >= 11 is 3.31. The van der Waals surface area contributed by atoms with Crippen molar-refractivity contribution in [1.82, 2.24) is 0 Å². The molecule has 0 bridgehead atoms. The number of esters is 1. The minimum atomic E-state index is -0.534. The SMILES string of the molecule is COc1cc(C=O)c(Br)c(C)c1C(=O)Oc1ccccc1. The number of para-hydroxylation sites is 1. The molecule has 2 aromatic carbocycles. The van der Waals surface area contributed by atoms with Gasteiger partial charge in [-0.3, -0.25) is 4.79 Å². The molecule has 0 fully saturated rings. The molecule has 4 nitrogen and oxygen atoms in total. The van der Waals surface area contributed by atoms with Crippen LogP contribution in [-0.2, 0) is 0 Å². The highest BCUT2D eigenvalue weighted by Crippen LogP contribution is 2.32. The van der Waals surface area contributed by atoms with Crippen molar-refractivity contribution in [2.75, 3.05) is 7.11 Å². The van der Waals surface area contributed by atoms with Gasteiger partial charge in [0.05, 0.1) is 7.11 Å². The first kappa shape index (κ1) is 15.3. The highest BCUT2D eigenvalue weighted by atomic mass is 79.9. The van der Waals surface area contributed by atoms with Gasteiger partial charge in [-0.2, -0.15) is 0 Å². The molecule has 0 saturated heterocycles. The van der Waals surface area contributed by atoms with Crippen molar-refractivity contribution in [3.63, 3.8) is 0 Å². The number of hydrogen-bond donors (Lipinski definition) is 0. The predicted octanol–water partition coefficient (Wildman–Crippen LogP) is 3.80.